The second-order valence-corrected chi connectivity index (χ2v) is 6.18. The first-order valence-corrected chi connectivity index (χ1v) is 8.49. The summed E-state index contributed by atoms with van der Waals surface area (Å²) in [5, 5.41) is 17.5. The minimum Gasteiger partial charge on any atom is -0.479 e. The van der Waals surface area contributed by atoms with Gasteiger partial charge >= 0.3 is 11.9 Å². The van der Waals surface area contributed by atoms with Crippen molar-refractivity contribution in [2.24, 2.45) is 0 Å². The summed E-state index contributed by atoms with van der Waals surface area (Å²) in [5.74, 6) is -0.341. The standard InChI is InChI=1S/2C10H10O3/c2*11-10(12)9-6-5-7-3-1-2-4-8(7)13-9/h2*1-4,9H,5-6H2,(H,11,12). The van der Waals surface area contributed by atoms with E-state index in [-0.39, 0.29) is 0 Å². The van der Waals surface area contributed by atoms with E-state index in [0.29, 0.717) is 24.3 Å². The number of carbonyl (C=O) groups is 2. The maximum Gasteiger partial charge on any atom is 0.344 e. The molecule has 0 amide bonds. The van der Waals surface area contributed by atoms with Crippen molar-refractivity contribution < 1.29 is 29.3 Å². The zero-order valence-corrected chi connectivity index (χ0v) is 14.1. The summed E-state index contributed by atoms with van der Waals surface area (Å²) in [4.78, 5) is 21.3. The van der Waals surface area contributed by atoms with E-state index < -0.39 is 24.1 Å². The van der Waals surface area contributed by atoms with Gasteiger partial charge in [0.1, 0.15) is 11.5 Å². The Kier molecular flexibility index (Phi) is 5.41. The van der Waals surface area contributed by atoms with Gasteiger partial charge in [-0.05, 0) is 48.9 Å². The number of carboxylic acid groups (broad SMARTS) is 2. The molecule has 2 aromatic rings. The van der Waals surface area contributed by atoms with E-state index >= 15 is 0 Å². The van der Waals surface area contributed by atoms with Crippen LogP contribution in [0.25, 0.3) is 0 Å². The van der Waals surface area contributed by atoms with E-state index in [1.807, 2.05) is 48.5 Å². The monoisotopic (exact) mass is 356 g/mol. The third-order valence-corrected chi connectivity index (χ3v) is 4.39. The van der Waals surface area contributed by atoms with Gasteiger partial charge in [0, 0.05) is 0 Å². The molecule has 0 aromatic heterocycles. The Morgan fingerprint density at radius 2 is 1.12 bits per heavy atom. The number of ether oxygens (including phenoxy) is 2. The van der Waals surface area contributed by atoms with Crippen LogP contribution in [0.15, 0.2) is 48.5 Å². The topological polar surface area (TPSA) is 93.1 Å². The Morgan fingerprint density at radius 3 is 1.50 bits per heavy atom. The van der Waals surface area contributed by atoms with E-state index in [4.69, 9.17) is 19.7 Å². The van der Waals surface area contributed by atoms with Crippen LogP contribution in [0.3, 0.4) is 0 Å². The molecule has 6 nitrogen and oxygen atoms in total. The Hall–Kier alpha value is -3.02. The first kappa shape index (κ1) is 17.8. The van der Waals surface area contributed by atoms with Crippen molar-refractivity contribution in [2.45, 2.75) is 37.9 Å². The van der Waals surface area contributed by atoms with Crippen molar-refractivity contribution >= 4 is 11.9 Å². The predicted octanol–water partition coefficient (Wildman–Crippen LogP) is 2.93. The molecule has 2 unspecified atom stereocenters. The van der Waals surface area contributed by atoms with Gasteiger partial charge in [0.05, 0.1) is 0 Å². The summed E-state index contributed by atoms with van der Waals surface area (Å²) in [5.41, 5.74) is 2.19. The molecular formula is C20H20O6. The molecule has 4 rings (SSSR count). The molecule has 2 aromatic carbocycles. The molecule has 0 fully saturated rings. The third-order valence-electron chi connectivity index (χ3n) is 4.39. The number of carboxylic acids is 2. The van der Waals surface area contributed by atoms with E-state index in [9.17, 15) is 9.59 Å². The largest absolute Gasteiger partial charge is 0.479 e. The summed E-state index contributed by atoms with van der Waals surface area (Å²) in [6, 6.07) is 15.1. The number of rotatable bonds is 2. The first-order chi connectivity index (χ1) is 12.5. The molecular weight excluding hydrogens is 336 g/mol. The van der Waals surface area contributed by atoms with Gasteiger partial charge in [-0.15, -0.1) is 0 Å². The molecule has 0 saturated heterocycles. The Morgan fingerprint density at radius 1 is 0.731 bits per heavy atom. The maximum atomic E-state index is 10.6. The quantitative estimate of drug-likeness (QED) is 0.859. The summed E-state index contributed by atoms with van der Waals surface area (Å²) >= 11 is 0. The number of para-hydroxylation sites is 2. The first-order valence-electron chi connectivity index (χ1n) is 8.49. The van der Waals surface area contributed by atoms with Crippen LogP contribution in [0.4, 0.5) is 0 Å². The highest BCUT2D eigenvalue weighted by Crippen LogP contribution is 2.27. The van der Waals surface area contributed by atoms with Crippen LogP contribution in [0.1, 0.15) is 24.0 Å². The molecule has 0 saturated carbocycles. The Balaban J connectivity index is 0.000000151. The highest BCUT2D eigenvalue weighted by atomic mass is 16.5. The minimum absolute atomic E-state index is 0.562. The molecule has 0 aliphatic carbocycles. The molecule has 2 atom stereocenters. The number of benzene rings is 2. The molecule has 0 spiro atoms. The zero-order valence-electron chi connectivity index (χ0n) is 14.1. The van der Waals surface area contributed by atoms with Gasteiger partial charge in [-0.3, -0.25) is 0 Å². The zero-order chi connectivity index (χ0) is 18.5. The Labute approximate surface area is 151 Å². The van der Waals surface area contributed by atoms with Crippen molar-refractivity contribution in [3.63, 3.8) is 0 Å². The summed E-state index contributed by atoms with van der Waals surface area (Å²) in [6.07, 6.45) is 1.35. The molecule has 2 N–H and O–H groups in total. The van der Waals surface area contributed by atoms with Gasteiger partial charge in [-0.2, -0.15) is 0 Å². The summed E-state index contributed by atoms with van der Waals surface area (Å²) in [7, 11) is 0. The van der Waals surface area contributed by atoms with Crippen molar-refractivity contribution in [2.75, 3.05) is 0 Å². The predicted molar refractivity (Wildman–Crippen MR) is 93.6 cm³/mol. The van der Waals surface area contributed by atoms with E-state index in [2.05, 4.69) is 0 Å². The van der Waals surface area contributed by atoms with Crippen LogP contribution in [-0.4, -0.2) is 34.4 Å². The Bertz CT molecular complexity index is 733. The van der Waals surface area contributed by atoms with Crippen LogP contribution >= 0.6 is 0 Å². The van der Waals surface area contributed by atoms with Gasteiger partial charge in [-0.1, -0.05) is 36.4 Å². The maximum absolute atomic E-state index is 10.6. The summed E-state index contributed by atoms with van der Waals surface area (Å²) < 4.78 is 10.6. The highest BCUT2D eigenvalue weighted by molar-refractivity contribution is 5.73. The number of hydrogen-bond donors (Lipinski definition) is 2. The van der Waals surface area contributed by atoms with E-state index in [1.165, 1.54) is 0 Å². The third kappa shape index (κ3) is 4.14. The highest BCUT2D eigenvalue weighted by Gasteiger charge is 2.25. The fraction of sp³-hybridized carbons (Fsp3) is 0.300. The lowest BCUT2D eigenvalue weighted by Gasteiger charge is -2.22. The molecule has 2 aliphatic heterocycles. The fourth-order valence-electron chi connectivity index (χ4n) is 3.00. The van der Waals surface area contributed by atoms with Gasteiger partial charge in [0.25, 0.3) is 0 Å². The lowest BCUT2D eigenvalue weighted by atomic mass is 10.0. The minimum atomic E-state index is -0.880. The van der Waals surface area contributed by atoms with Crippen LogP contribution in [0.2, 0.25) is 0 Å². The molecule has 2 aliphatic rings. The van der Waals surface area contributed by atoms with Gasteiger partial charge in [0.2, 0.25) is 0 Å². The number of hydrogen-bond acceptors (Lipinski definition) is 4. The van der Waals surface area contributed by atoms with Gasteiger partial charge in [-0.25, -0.2) is 9.59 Å². The van der Waals surface area contributed by atoms with Crippen LogP contribution in [-0.2, 0) is 22.4 Å². The smallest absolute Gasteiger partial charge is 0.344 e. The van der Waals surface area contributed by atoms with Gasteiger partial charge in [0.15, 0.2) is 12.2 Å². The van der Waals surface area contributed by atoms with Crippen molar-refractivity contribution in [3.05, 3.63) is 59.7 Å². The SMILES string of the molecule is O=C(O)C1CCc2ccccc2O1.O=C(O)C1CCc2ccccc2O1. The number of fused-ring (bicyclic) bond motifs is 2. The lowest BCUT2D eigenvalue weighted by Crippen LogP contribution is -2.30. The second-order valence-electron chi connectivity index (χ2n) is 6.18. The van der Waals surface area contributed by atoms with E-state index in [0.717, 1.165) is 24.0 Å². The van der Waals surface area contributed by atoms with Crippen LogP contribution in [0, 0.1) is 0 Å². The summed E-state index contributed by atoms with van der Waals surface area (Å²) in [6.45, 7) is 0. The molecule has 2 heterocycles. The molecule has 136 valence electrons. The fourth-order valence-corrected chi connectivity index (χ4v) is 3.00. The molecule has 0 bridgehead atoms. The van der Waals surface area contributed by atoms with Crippen molar-refractivity contribution in [1.82, 2.24) is 0 Å². The molecule has 6 heteroatoms. The average molecular weight is 356 g/mol. The van der Waals surface area contributed by atoms with Gasteiger partial charge < -0.3 is 19.7 Å². The van der Waals surface area contributed by atoms with Crippen molar-refractivity contribution in [1.29, 1.82) is 0 Å². The van der Waals surface area contributed by atoms with Crippen LogP contribution < -0.4 is 9.47 Å². The van der Waals surface area contributed by atoms with E-state index in [1.54, 1.807) is 0 Å². The number of aryl methyl sites for hydroxylation is 2. The number of aliphatic carboxylic acids is 2. The average Bonchev–Trinajstić information content (AvgIpc) is 2.67. The molecule has 0 radical (unpaired) electrons. The van der Waals surface area contributed by atoms with Crippen molar-refractivity contribution in [3.8, 4) is 11.5 Å². The normalized spacial score (nSPS) is 20.2. The molecule has 26 heavy (non-hydrogen) atoms. The lowest BCUT2D eigenvalue weighted by molar-refractivity contribution is -0.146. The van der Waals surface area contributed by atoms with Crippen LogP contribution in [0.5, 0.6) is 11.5 Å². The second kappa shape index (κ2) is 7.91.